The molecule has 1 aliphatic rings. The Kier molecular flexibility index (Phi) is 10.2. The molecule has 1 unspecified atom stereocenters. The van der Waals surface area contributed by atoms with E-state index in [0.29, 0.717) is 19.6 Å². The molecule has 0 saturated heterocycles. The third kappa shape index (κ3) is 7.05. The number of aromatic hydroxyl groups is 1. The van der Waals surface area contributed by atoms with Gasteiger partial charge in [0.2, 0.25) is 0 Å². The molecule has 1 atom stereocenters. The van der Waals surface area contributed by atoms with E-state index >= 15 is 0 Å². The second-order valence-electron chi connectivity index (χ2n) is 12.2. The zero-order valence-corrected chi connectivity index (χ0v) is 28.3. The molecule has 0 amide bonds. The lowest BCUT2D eigenvalue weighted by Crippen LogP contribution is -2.66. The Morgan fingerprint density at radius 3 is 2.27 bits per heavy atom. The molecule has 4 nitrogen and oxygen atoms in total. The quantitative estimate of drug-likeness (QED) is 0.164. The molecule has 0 saturated carbocycles. The number of nitrogens with zero attached hydrogens (tertiary/aromatic N) is 1. The van der Waals surface area contributed by atoms with Gasteiger partial charge < -0.3 is 14.3 Å². The van der Waals surface area contributed by atoms with Gasteiger partial charge in [0.15, 0.2) is 0 Å². The van der Waals surface area contributed by atoms with Crippen LogP contribution in [0.25, 0.3) is 11.6 Å². The van der Waals surface area contributed by atoms with E-state index in [0.717, 1.165) is 38.9 Å². The van der Waals surface area contributed by atoms with Gasteiger partial charge in [0.25, 0.3) is 8.32 Å². The summed E-state index contributed by atoms with van der Waals surface area (Å²) in [7, 11) is -2.69. The molecule has 2 heterocycles. The van der Waals surface area contributed by atoms with Gasteiger partial charge in [-0.1, -0.05) is 116 Å². The van der Waals surface area contributed by atoms with Crippen LogP contribution in [0.3, 0.4) is 0 Å². The SMILES string of the molecule is C=C(CO[Si](c1ccccc1)(c1ccccc1)C(C)(C)C)C1=CCOC1CC/C(=C/c1cc(Br)ccc1O)c1ccccn1. The molecular weight excluding hydrogens is 626 g/mol. The molecule has 0 spiro atoms. The lowest BCUT2D eigenvalue weighted by Gasteiger charge is -2.43. The largest absolute Gasteiger partial charge is 0.507 e. The summed E-state index contributed by atoms with van der Waals surface area (Å²) in [5, 5.41) is 12.9. The molecule has 0 aliphatic carbocycles. The van der Waals surface area contributed by atoms with Gasteiger partial charge >= 0.3 is 0 Å². The van der Waals surface area contributed by atoms with E-state index in [-0.39, 0.29) is 16.9 Å². The molecule has 0 bridgehead atoms. The zero-order valence-electron chi connectivity index (χ0n) is 25.7. The van der Waals surface area contributed by atoms with E-state index in [1.54, 1.807) is 12.3 Å². The first kappa shape index (κ1) is 31.9. The summed E-state index contributed by atoms with van der Waals surface area (Å²) in [6, 6.07) is 32.7. The molecule has 1 aliphatic heterocycles. The van der Waals surface area contributed by atoms with Gasteiger partial charge in [-0.25, -0.2) is 0 Å². The van der Waals surface area contributed by atoms with E-state index in [1.807, 2.05) is 36.4 Å². The number of rotatable bonds is 11. The minimum Gasteiger partial charge on any atom is -0.507 e. The standard InChI is InChI=1S/C38H40BrNO3Si/c1-28(27-43-44(38(2,3)4,32-13-7-5-8-14-32)33-15-9-6-10-16-33)34-22-24-42-37(34)21-18-29(35-17-11-12-23-40-35)25-30-26-31(39)19-20-36(30)41/h5-17,19-20,22-23,25-26,37,41H,1,18,21,24,27H2,2-4H3/b29-25-. The number of aromatic nitrogens is 1. The lowest BCUT2D eigenvalue weighted by atomic mass is 9.95. The molecule has 6 heteroatoms. The topological polar surface area (TPSA) is 51.6 Å². The number of halogens is 1. The Bertz CT molecular complexity index is 1590. The molecule has 1 aromatic heterocycles. The molecule has 1 N–H and O–H groups in total. The van der Waals surface area contributed by atoms with Crippen molar-refractivity contribution in [2.45, 2.75) is 44.8 Å². The Hall–Kier alpha value is -3.55. The molecular formula is C38H40BrNO3Si. The van der Waals surface area contributed by atoms with Gasteiger partial charge in [0.1, 0.15) is 5.75 Å². The fourth-order valence-corrected chi connectivity index (χ4v) is 11.0. The van der Waals surface area contributed by atoms with Crippen LogP contribution in [0.4, 0.5) is 0 Å². The third-order valence-corrected chi connectivity index (χ3v) is 13.7. The molecule has 226 valence electrons. The van der Waals surface area contributed by atoms with Crippen molar-refractivity contribution in [2.75, 3.05) is 13.2 Å². The number of ether oxygens (including phenoxy) is 1. The van der Waals surface area contributed by atoms with E-state index in [1.165, 1.54) is 10.4 Å². The van der Waals surface area contributed by atoms with Crippen LogP contribution in [-0.2, 0) is 9.16 Å². The van der Waals surface area contributed by atoms with Crippen molar-refractivity contribution in [3.8, 4) is 5.75 Å². The fourth-order valence-electron chi connectivity index (χ4n) is 6.07. The summed E-state index contributed by atoms with van der Waals surface area (Å²) in [6.07, 6.45) is 7.32. The average molecular weight is 667 g/mol. The zero-order chi connectivity index (χ0) is 31.2. The van der Waals surface area contributed by atoms with Crippen LogP contribution < -0.4 is 10.4 Å². The first-order valence-corrected chi connectivity index (χ1v) is 17.7. The van der Waals surface area contributed by atoms with Crippen LogP contribution in [0.5, 0.6) is 5.75 Å². The van der Waals surface area contributed by atoms with Gasteiger partial charge in [-0.15, -0.1) is 0 Å². The maximum absolute atomic E-state index is 10.5. The molecule has 0 fully saturated rings. The number of phenols is 1. The molecule has 0 radical (unpaired) electrons. The minimum atomic E-state index is -2.69. The maximum Gasteiger partial charge on any atom is 0.261 e. The van der Waals surface area contributed by atoms with Crippen LogP contribution in [-0.4, -0.2) is 37.7 Å². The molecule has 5 rings (SSSR count). The number of allylic oxidation sites excluding steroid dienone is 1. The highest BCUT2D eigenvalue weighted by Gasteiger charge is 2.50. The second-order valence-corrected chi connectivity index (χ2v) is 17.4. The van der Waals surface area contributed by atoms with Crippen LogP contribution >= 0.6 is 15.9 Å². The lowest BCUT2D eigenvalue weighted by molar-refractivity contribution is 0.117. The summed E-state index contributed by atoms with van der Waals surface area (Å²) >= 11 is 3.53. The van der Waals surface area contributed by atoms with E-state index in [2.05, 4.69) is 115 Å². The Morgan fingerprint density at radius 2 is 1.66 bits per heavy atom. The van der Waals surface area contributed by atoms with E-state index in [9.17, 15) is 5.11 Å². The van der Waals surface area contributed by atoms with E-state index in [4.69, 9.17) is 9.16 Å². The van der Waals surface area contributed by atoms with Crippen molar-refractivity contribution < 1.29 is 14.3 Å². The van der Waals surface area contributed by atoms with Gasteiger partial charge in [0, 0.05) is 16.2 Å². The summed E-state index contributed by atoms with van der Waals surface area (Å²) < 4.78 is 14.3. The number of benzene rings is 3. The average Bonchev–Trinajstić information content (AvgIpc) is 3.51. The third-order valence-electron chi connectivity index (χ3n) is 8.22. The van der Waals surface area contributed by atoms with Gasteiger partial charge in [-0.05, 0) is 81.4 Å². The van der Waals surface area contributed by atoms with E-state index < -0.39 is 8.32 Å². The Morgan fingerprint density at radius 1 is 1.00 bits per heavy atom. The maximum atomic E-state index is 10.5. The minimum absolute atomic E-state index is 0.103. The van der Waals surface area contributed by atoms with Crippen molar-refractivity contribution in [1.82, 2.24) is 4.98 Å². The number of hydrogen-bond acceptors (Lipinski definition) is 4. The van der Waals surface area contributed by atoms with Crippen molar-refractivity contribution in [2.24, 2.45) is 0 Å². The van der Waals surface area contributed by atoms with Crippen molar-refractivity contribution in [1.29, 1.82) is 0 Å². The Balaban J connectivity index is 1.37. The van der Waals surface area contributed by atoms with Crippen LogP contribution in [0, 0.1) is 0 Å². The highest BCUT2D eigenvalue weighted by Crippen LogP contribution is 2.38. The predicted molar refractivity (Wildman–Crippen MR) is 188 cm³/mol. The van der Waals surface area contributed by atoms with Crippen molar-refractivity contribution >= 4 is 46.3 Å². The first-order valence-electron chi connectivity index (χ1n) is 15.0. The van der Waals surface area contributed by atoms with Gasteiger partial charge in [-0.3, -0.25) is 4.98 Å². The molecule has 4 aromatic rings. The highest BCUT2D eigenvalue weighted by molar-refractivity contribution is 9.10. The number of phenolic OH excluding ortho intramolecular Hbond substituents is 1. The predicted octanol–water partition coefficient (Wildman–Crippen LogP) is 8.33. The summed E-state index contributed by atoms with van der Waals surface area (Å²) in [5.74, 6) is 0.230. The van der Waals surface area contributed by atoms with Gasteiger partial charge in [-0.2, -0.15) is 0 Å². The highest BCUT2D eigenvalue weighted by atomic mass is 79.9. The summed E-state index contributed by atoms with van der Waals surface area (Å²) in [6.45, 7) is 12.4. The Labute approximate surface area is 271 Å². The fraction of sp³-hybridized carbons (Fsp3) is 0.237. The normalized spacial score (nSPS) is 15.7. The molecule has 3 aromatic carbocycles. The van der Waals surface area contributed by atoms with Crippen molar-refractivity contribution in [3.05, 3.63) is 143 Å². The van der Waals surface area contributed by atoms with Crippen LogP contribution in [0.2, 0.25) is 5.04 Å². The first-order chi connectivity index (χ1) is 21.2. The number of hydrogen-bond donors (Lipinski definition) is 1. The van der Waals surface area contributed by atoms with Gasteiger partial charge in [0.05, 0.1) is 25.0 Å². The summed E-state index contributed by atoms with van der Waals surface area (Å²) in [4.78, 5) is 4.61. The summed E-state index contributed by atoms with van der Waals surface area (Å²) in [5.41, 5.74) is 4.71. The monoisotopic (exact) mass is 665 g/mol. The van der Waals surface area contributed by atoms with Crippen LogP contribution in [0.1, 0.15) is 44.9 Å². The second kappa shape index (κ2) is 14.0. The van der Waals surface area contributed by atoms with Crippen molar-refractivity contribution in [3.63, 3.8) is 0 Å². The van der Waals surface area contributed by atoms with Crippen LogP contribution in [0.15, 0.2) is 132 Å². The number of pyridine rings is 1. The molecule has 44 heavy (non-hydrogen) atoms. The smallest absolute Gasteiger partial charge is 0.261 e.